The molecule has 1 aliphatic carbocycles. The van der Waals surface area contributed by atoms with Gasteiger partial charge in [0.05, 0.1) is 29.5 Å². The lowest BCUT2D eigenvalue weighted by Crippen LogP contribution is -2.47. The maximum absolute atomic E-state index is 13.1. The van der Waals surface area contributed by atoms with Crippen molar-refractivity contribution in [2.24, 2.45) is 0 Å². The SMILES string of the molecule is CCOC(=O)N1CC[N+](=C2C(=CC=C3N(CCCCCC(=O)NCCC[Si](OCC)(OCC)OCC)c4ccc(S(=O)(=O)O)cc4C3(C)C)CCC2=CC=C2N(CCCCCC(=O)NCCC[Si](OCC)(OCC)OCC)c3ccc(S(=O)(=O)O)cc3C2(C)C)CC1. The lowest BCUT2D eigenvalue weighted by molar-refractivity contribution is -0.537. The molecule has 22 nitrogen and oxygen atoms in total. The molecule has 92 heavy (non-hydrogen) atoms. The van der Waals surface area contributed by atoms with Gasteiger partial charge < -0.3 is 51.7 Å². The molecule has 1 saturated carbocycles. The summed E-state index contributed by atoms with van der Waals surface area (Å²) in [5, 5.41) is 6.11. The first-order chi connectivity index (χ1) is 43.8. The van der Waals surface area contributed by atoms with Crippen molar-refractivity contribution in [1.82, 2.24) is 15.5 Å². The van der Waals surface area contributed by atoms with E-state index in [1.54, 1.807) is 36.1 Å². The van der Waals surface area contributed by atoms with Crippen molar-refractivity contribution in [1.29, 1.82) is 0 Å². The number of ether oxygens (including phenoxy) is 1. The first-order valence-electron chi connectivity index (χ1n) is 33.3. The molecule has 3 amide bonds. The van der Waals surface area contributed by atoms with Gasteiger partial charge in [-0.05, 0) is 160 Å². The van der Waals surface area contributed by atoms with Crippen LogP contribution in [0.4, 0.5) is 16.2 Å². The Balaban J connectivity index is 1.25. The number of nitrogens with zero attached hydrogens (tertiary/aromatic N) is 4. The van der Waals surface area contributed by atoms with Gasteiger partial charge in [-0.15, -0.1) is 0 Å². The molecule has 3 aliphatic heterocycles. The summed E-state index contributed by atoms with van der Waals surface area (Å²) in [6, 6.07) is 10.7. The number of hydrogen-bond donors (Lipinski definition) is 4. The first kappa shape index (κ1) is 75.9. The lowest BCUT2D eigenvalue weighted by atomic mass is 9.83. The van der Waals surface area contributed by atoms with Gasteiger partial charge in [-0.3, -0.25) is 23.6 Å². The first-order valence-corrected chi connectivity index (χ1v) is 40.1. The zero-order valence-electron chi connectivity index (χ0n) is 56.5. The number of anilines is 2. The smallest absolute Gasteiger partial charge is 0.450 e. The average Bonchev–Trinajstić information content (AvgIpc) is 1.59. The Kier molecular flexibility index (Phi) is 28.9. The van der Waals surface area contributed by atoms with Gasteiger partial charge in [-0.1, -0.05) is 52.7 Å². The van der Waals surface area contributed by atoms with Crippen LogP contribution < -0.4 is 20.4 Å². The van der Waals surface area contributed by atoms with Crippen LogP contribution in [0.25, 0.3) is 0 Å². The van der Waals surface area contributed by atoms with Crippen LogP contribution in [0.3, 0.4) is 0 Å². The summed E-state index contributed by atoms with van der Waals surface area (Å²) in [4.78, 5) is 44.9. The molecule has 2 aromatic carbocycles. The van der Waals surface area contributed by atoms with E-state index in [-0.39, 0.29) is 34.3 Å². The number of carbonyl (C=O) groups is 3. The number of unbranched alkanes of at least 4 members (excludes halogenated alkanes) is 4. The second kappa shape index (κ2) is 35.1. The van der Waals surface area contributed by atoms with Gasteiger partial charge in [0.25, 0.3) is 20.2 Å². The van der Waals surface area contributed by atoms with E-state index in [4.69, 9.17) is 31.3 Å². The number of rotatable bonds is 37. The topological polar surface area (TPSA) is 261 Å². The predicted octanol–water partition coefficient (Wildman–Crippen LogP) is 10.6. The van der Waals surface area contributed by atoms with Crippen LogP contribution in [0.1, 0.15) is 164 Å². The van der Waals surface area contributed by atoms with Crippen molar-refractivity contribution in [3.8, 4) is 0 Å². The average molecular weight is 1360 g/mol. The maximum Gasteiger partial charge on any atom is 0.500 e. The van der Waals surface area contributed by atoms with E-state index in [2.05, 4.69) is 77.0 Å². The highest BCUT2D eigenvalue weighted by molar-refractivity contribution is 7.86. The van der Waals surface area contributed by atoms with Crippen LogP contribution in [0.15, 0.2) is 93.0 Å². The van der Waals surface area contributed by atoms with Gasteiger partial charge in [0, 0.05) is 135 Å². The Bertz CT molecular complexity index is 3010. The zero-order valence-corrected chi connectivity index (χ0v) is 60.1. The number of piperazine rings is 1. The third kappa shape index (κ3) is 20.0. The van der Waals surface area contributed by atoms with Crippen molar-refractivity contribution in [2.45, 2.75) is 186 Å². The Hall–Kier alpha value is -5.11. The summed E-state index contributed by atoms with van der Waals surface area (Å²) in [6.45, 7) is 28.9. The van der Waals surface area contributed by atoms with Crippen LogP contribution in [0, 0.1) is 0 Å². The lowest BCUT2D eigenvalue weighted by Gasteiger charge is -2.28. The van der Waals surface area contributed by atoms with Crippen molar-refractivity contribution in [3.05, 3.63) is 94.4 Å². The highest BCUT2D eigenvalue weighted by Gasteiger charge is 2.44. The number of amides is 3. The number of nitrogens with one attached hydrogen (secondary N) is 2. The van der Waals surface area contributed by atoms with Gasteiger partial charge in [-0.25, -0.2) is 9.37 Å². The normalized spacial score (nSPS) is 18.4. The third-order valence-electron chi connectivity index (χ3n) is 17.3. The van der Waals surface area contributed by atoms with Crippen molar-refractivity contribution in [3.63, 3.8) is 0 Å². The molecule has 2 fully saturated rings. The molecule has 0 bridgehead atoms. The molecule has 26 heteroatoms. The highest BCUT2D eigenvalue weighted by Crippen LogP contribution is 2.50. The molecule has 2 aromatic rings. The second-order valence-corrected chi connectivity index (χ2v) is 32.7. The van der Waals surface area contributed by atoms with Crippen LogP contribution in [0.5, 0.6) is 0 Å². The molecule has 4 aliphatic rings. The van der Waals surface area contributed by atoms with E-state index >= 15 is 0 Å². The molecule has 0 atom stereocenters. The summed E-state index contributed by atoms with van der Waals surface area (Å²) in [6.07, 6.45) is 16.0. The minimum Gasteiger partial charge on any atom is -0.450 e. The summed E-state index contributed by atoms with van der Waals surface area (Å²) in [5.74, 6) is -0.0567. The van der Waals surface area contributed by atoms with Crippen LogP contribution in [0.2, 0.25) is 12.1 Å². The number of benzene rings is 2. The quantitative estimate of drug-likeness (QED) is 0.0212. The molecule has 514 valence electrons. The Morgan fingerprint density at radius 2 is 0.924 bits per heavy atom. The summed E-state index contributed by atoms with van der Waals surface area (Å²) >= 11 is 0. The molecule has 0 aromatic heterocycles. The molecule has 0 unspecified atom stereocenters. The van der Waals surface area contributed by atoms with E-state index in [0.29, 0.717) is 155 Å². The van der Waals surface area contributed by atoms with Crippen LogP contribution in [-0.4, -0.2) is 175 Å². The Morgan fingerprint density at radius 3 is 1.27 bits per heavy atom. The highest BCUT2D eigenvalue weighted by atomic mass is 32.2. The van der Waals surface area contributed by atoms with E-state index < -0.39 is 48.7 Å². The Morgan fingerprint density at radius 1 is 0.543 bits per heavy atom. The van der Waals surface area contributed by atoms with Gasteiger partial charge in [0.1, 0.15) is 0 Å². The van der Waals surface area contributed by atoms with E-state index in [0.717, 1.165) is 76.4 Å². The van der Waals surface area contributed by atoms with Gasteiger partial charge in [0.15, 0.2) is 13.1 Å². The zero-order chi connectivity index (χ0) is 67.3. The number of fused-ring (bicyclic) bond motifs is 2. The van der Waals surface area contributed by atoms with Crippen molar-refractivity contribution >= 4 is 72.8 Å². The maximum atomic E-state index is 13.1. The molecule has 6 rings (SSSR count). The molecule has 0 spiro atoms. The number of hydrogen-bond acceptors (Lipinski definition) is 16. The van der Waals surface area contributed by atoms with Gasteiger partial charge in [0.2, 0.25) is 17.5 Å². The molecule has 3 heterocycles. The van der Waals surface area contributed by atoms with Gasteiger partial charge >= 0.3 is 23.7 Å². The standard InChI is InChI=1S/C66H104N6O16S2Si2/c1-12-82-64(75)70-45-43-69(44-46-70)63-51(31-37-59-65(8,9)55-49-53(89(76,77)78)33-35-57(55)71(59)41-23-19-21-27-61(73)67-39-25-47-91(83-13-2,84-14-3)85-15-4)29-30-52(63)32-38-60-66(10,11)56-50-54(90(79,80)81)34-36-58(56)72(60)42-24-20-22-28-62(74)68-40-26-48-92(86-16-5,87-17-6)88-18-7/h31-38,49-50H,12-30,39-48H2,1-11H3,(H3-,67,68,73,74,76,77,78,79,80,81)/p+1. The summed E-state index contributed by atoms with van der Waals surface area (Å²) < 4.78 is 114. The van der Waals surface area contributed by atoms with Crippen molar-refractivity contribution < 1.29 is 76.2 Å². The minimum atomic E-state index is -4.51. The number of allylic oxidation sites excluding steroid dienone is 8. The fourth-order valence-corrected chi connectivity index (χ4v) is 19.2. The largest absolute Gasteiger partial charge is 0.500 e. The van der Waals surface area contributed by atoms with Crippen LogP contribution in [-0.2, 0) is 71.9 Å². The monoisotopic (exact) mass is 1360 g/mol. The van der Waals surface area contributed by atoms with Crippen LogP contribution >= 0.6 is 0 Å². The fraction of sp³-hybridized carbons (Fsp3) is 0.636. The minimum absolute atomic E-state index is 0.0284. The number of carbonyl (C=O) groups excluding carboxylic acids is 3. The molecule has 0 radical (unpaired) electrons. The van der Waals surface area contributed by atoms with Gasteiger partial charge in [-0.2, -0.15) is 16.8 Å². The third-order valence-corrected chi connectivity index (χ3v) is 25.3. The van der Waals surface area contributed by atoms with E-state index in [1.807, 2.05) is 41.5 Å². The molecule has 1 saturated heterocycles. The summed E-state index contributed by atoms with van der Waals surface area (Å²) in [5.41, 5.74) is 6.86. The van der Waals surface area contributed by atoms with Crippen molar-refractivity contribution in [2.75, 3.05) is 108 Å². The van der Waals surface area contributed by atoms with E-state index in [1.165, 1.54) is 12.1 Å². The molecule has 4 N–H and O–H groups in total. The Labute approximate surface area is 550 Å². The predicted molar refractivity (Wildman–Crippen MR) is 361 cm³/mol. The molecular formula is C66H105N6O16S2Si2+. The van der Waals surface area contributed by atoms with E-state index in [9.17, 15) is 40.3 Å². The summed E-state index contributed by atoms with van der Waals surface area (Å²) in [7, 11) is -14.7. The molecular weight excluding hydrogens is 1250 g/mol. The second-order valence-electron chi connectivity index (χ2n) is 24.4. The fourth-order valence-electron chi connectivity index (χ4n) is 13.0.